The number of Topliss-reactive ketones (excluding diaryl/α,β-unsaturated/α-hetero) is 1. The molecule has 3 aromatic rings. The highest BCUT2D eigenvalue weighted by molar-refractivity contribution is 8.04. The Bertz CT molecular complexity index is 1250. The van der Waals surface area contributed by atoms with Crippen molar-refractivity contribution in [2.75, 3.05) is 16.4 Å². The number of para-hydroxylation sites is 2. The maximum atomic E-state index is 13.0. The largest absolute Gasteiger partial charge is 0.351 e. The number of carbonyl (C=O) groups excluding carboxylic acids is 4. The number of hydrogen-bond donors (Lipinski definition) is 2. The lowest BCUT2D eigenvalue weighted by atomic mass is 9.99. The number of fused-ring (bicyclic) bond motifs is 1. The maximum absolute atomic E-state index is 13.0. The van der Waals surface area contributed by atoms with Crippen molar-refractivity contribution >= 4 is 46.5 Å². The normalized spacial score (nSPS) is 12.6. The van der Waals surface area contributed by atoms with E-state index in [1.54, 1.807) is 30.3 Å². The Morgan fingerprint density at radius 3 is 2.21 bits per heavy atom. The number of allylic oxidation sites excluding steroid dienone is 2. The van der Waals surface area contributed by atoms with Crippen molar-refractivity contribution in [3.8, 4) is 0 Å². The summed E-state index contributed by atoms with van der Waals surface area (Å²) in [6, 6.07) is 17.9. The van der Waals surface area contributed by atoms with E-state index < -0.39 is 17.5 Å². The summed E-state index contributed by atoms with van der Waals surface area (Å²) in [6.45, 7) is 0. The molecule has 0 aliphatic heterocycles. The lowest BCUT2D eigenvalue weighted by Gasteiger charge is -2.11. The number of nitrogens with zero attached hydrogens (tertiary/aromatic N) is 1. The highest BCUT2D eigenvalue weighted by Gasteiger charge is 2.36. The molecule has 1 aliphatic rings. The van der Waals surface area contributed by atoms with Crippen molar-refractivity contribution in [1.29, 1.82) is 0 Å². The monoisotopic (exact) mass is 475 g/mol. The lowest BCUT2D eigenvalue weighted by Crippen LogP contribution is -2.20. The van der Waals surface area contributed by atoms with Crippen LogP contribution in [-0.4, -0.2) is 34.3 Å². The Morgan fingerprint density at radius 1 is 0.882 bits per heavy atom. The first-order valence-electron chi connectivity index (χ1n) is 10.7. The van der Waals surface area contributed by atoms with Crippen LogP contribution in [0.4, 0.5) is 11.4 Å². The number of amides is 2. The summed E-state index contributed by atoms with van der Waals surface area (Å²) in [5.74, 6) is -1.39. The van der Waals surface area contributed by atoms with E-state index in [2.05, 4.69) is 15.8 Å². The van der Waals surface area contributed by atoms with Gasteiger partial charge in [0.25, 0.3) is 5.91 Å². The predicted molar refractivity (Wildman–Crippen MR) is 129 cm³/mol. The second-order valence-corrected chi connectivity index (χ2v) is 8.61. The van der Waals surface area contributed by atoms with Crippen molar-refractivity contribution in [3.05, 3.63) is 88.7 Å². The van der Waals surface area contributed by atoms with Gasteiger partial charge in [-0.25, -0.2) is 0 Å². The minimum atomic E-state index is -0.631. The van der Waals surface area contributed by atoms with E-state index in [-0.39, 0.29) is 27.8 Å². The third-order valence-corrected chi connectivity index (χ3v) is 6.10. The summed E-state index contributed by atoms with van der Waals surface area (Å²) in [4.78, 5) is 50.3. The van der Waals surface area contributed by atoms with Gasteiger partial charge in [0.1, 0.15) is 5.56 Å². The van der Waals surface area contributed by atoms with Crippen molar-refractivity contribution in [2.24, 2.45) is 0 Å². The van der Waals surface area contributed by atoms with Gasteiger partial charge in [-0.3, -0.25) is 19.2 Å². The molecule has 4 rings (SSSR count). The predicted octanol–water partition coefficient (Wildman–Crippen LogP) is 4.73. The van der Waals surface area contributed by atoms with Gasteiger partial charge in [-0.05, 0) is 42.9 Å². The molecule has 0 bridgehead atoms. The van der Waals surface area contributed by atoms with E-state index >= 15 is 0 Å². The molecule has 0 spiro atoms. The number of rotatable bonds is 9. The summed E-state index contributed by atoms with van der Waals surface area (Å²) in [5.41, 5.74) is 0.932. The van der Waals surface area contributed by atoms with Crippen LogP contribution in [0.15, 0.2) is 76.2 Å². The molecule has 172 valence electrons. The van der Waals surface area contributed by atoms with Crippen LogP contribution in [0, 0.1) is 0 Å². The molecular formula is C25H21N3O5S. The summed E-state index contributed by atoms with van der Waals surface area (Å²) < 4.78 is 5.02. The third kappa shape index (κ3) is 5.49. The van der Waals surface area contributed by atoms with Gasteiger partial charge >= 0.3 is 0 Å². The molecule has 0 radical (unpaired) electrons. The minimum absolute atomic E-state index is 0.0810. The highest BCUT2D eigenvalue weighted by Crippen LogP contribution is 2.31. The first kappa shape index (κ1) is 23.2. The fraction of sp³-hybridized carbons (Fsp3) is 0.160. The topological polar surface area (TPSA) is 118 Å². The quantitative estimate of drug-likeness (QED) is 0.429. The average Bonchev–Trinajstić information content (AvgIpc) is 3.29. The lowest BCUT2D eigenvalue weighted by molar-refractivity contribution is -0.116. The van der Waals surface area contributed by atoms with E-state index in [1.807, 2.05) is 30.3 Å². The maximum Gasteiger partial charge on any atom is 0.278 e. The molecule has 0 saturated carbocycles. The van der Waals surface area contributed by atoms with E-state index in [0.29, 0.717) is 30.7 Å². The molecule has 0 saturated heterocycles. The number of aromatic nitrogens is 1. The summed E-state index contributed by atoms with van der Waals surface area (Å²) in [5, 5.41) is 9.15. The second kappa shape index (κ2) is 10.8. The van der Waals surface area contributed by atoms with E-state index in [9.17, 15) is 19.2 Å². The molecule has 34 heavy (non-hydrogen) atoms. The molecule has 9 heteroatoms. The van der Waals surface area contributed by atoms with Gasteiger partial charge in [0.15, 0.2) is 5.69 Å². The average molecular weight is 476 g/mol. The number of benzene rings is 2. The molecule has 1 heterocycles. The van der Waals surface area contributed by atoms with Crippen LogP contribution in [0.3, 0.4) is 0 Å². The van der Waals surface area contributed by atoms with Crippen molar-refractivity contribution in [1.82, 2.24) is 5.16 Å². The van der Waals surface area contributed by atoms with Crippen LogP contribution in [0.5, 0.6) is 0 Å². The molecule has 1 aliphatic carbocycles. The van der Waals surface area contributed by atoms with Crippen LogP contribution >= 0.6 is 11.8 Å². The zero-order valence-corrected chi connectivity index (χ0v) is 18.9. The summed E-state index contributed by atoms with van der Waals surface area (Å²) >= 11 is 1.21. The Morgan fingerprint density at radius 2 is 1.53 bits per heavy atom. The fourth-order valence-corrected chi connectivity index (χ4v) is 4.32. The Kier molecular flexibility index (Phi) is 7.34. The number of carbonyl (C=O) groups is 4. The van der Waals surface area contributed by atoms with E-state index in [0.717, 1.165) is 5.69 Å². The smallest absolute Gasteiger partial charge is 0.278 e. The molecule has 2 N–H and O–H groups in total. The van der Waals surface area contributed by atoms with Crippen molar-refractivity contribution < 1.29 is 23.7 Å². The number of anilines is 2. The highest BCUT2D eigenvalue weighted by atomic mass is 32.2. The van der Waals surface area contributed by atoms with Gasteiger partial charge in [-0.15, -0.1) is 11.8 Å². The zero-order chi connectivity index (χ0) is 23.9. The molecule has 2 aromatic carbocycles. The van der Waals surface area contributed by atoms with Crippen LogP contribution in [0.25, 0.3) is 0 Å². The molecule has 8 nitrogen and oxygen atoms in total. The first-order valence-corrected chi connectivity index (χ1v) is 11.7. The van der Waals surface area contributed by atoms with Crippen LogP contribution < -0.4 is 10.6 Å². The van der Waals surface area contributed by atoms with Crippen LogP contribution in [0.1, 0.15) is 50.7 Å². The second-order valence-electron chi connectivity index (χ2n) is 7.48. The Labute approximate surface area is 199 Å². The first-order chi connectivity index (χ1) is 16.5. The van der Waals surface area contributed by atoms with Gasteiger partial charge in [0, 0.05) is 23.9 Å². The van der Waals surface area contributed by atoms with E-state index in [1.165, 1.54) is 17.8 Å². The van der Waals surface area contributed by atoms with Gasteiger partial charge < -0.3 is 15.2 Å². The Balaban J connectivity index is 1.31. The van der Waals surface area contributed by atoms with Gasteiger partial charge in [0.05, 0.1) is 4.91 Å². The standard InChI is InChI=1S/C25H21N3O5S/c29-18-15-19(34-14-8-7-13-20(30)26-16-9-3-1-4-10-16)23(31)21-22(28-33-24(18)21)25(32)27-17-11-5-2-6-12-17/h1-6,9-12,15H,7-8,13-14H2,(H,26,30)(H,27,32). The number of hydrogen-bond acceptors (Lipinski definition) is 7. The fourth-order valence-electron chi connectivity index (χ4n) is 3.33. The third-order valence-electron chi connectivity index (χ3n) is 4.99. The molecule has 1 aromatic heterocycles. The van der Waals surface area contributed by atoms with Gasteiger partial charge in [-0.1, -0.05) is 41.6 Å². The van der Waals surface area contributed by atoms with Crippen LogP contribution in [0.2, 0.25) is 0 Å². The van der Waals surface area contributed by atoms with Crippen molar-refractivity contribution in [2.45, 2.75) is 19.3 Å². The number of thioether (sulfide) groups is 1. The van der Waals surface area contributed by atoms with Gasteiger partial charge in [-0.2, -0.15) is 0 Å². The van der Waals surface area contributed by atoms with Crippen LogP contribution in [-0.2, 0) is 4.79 Å². The molecular weight excluding hydrogens is 454 g/mol. The summed E-state index contributed by atoms with van der Waals surface area (Å²) in [7, 11) is 0. The Hall–Kier alpha value is -3.98. The minimum Gasteiger partial charge on any atom is -0.351 e. The number of nitrogens with one attached hydrogen (secondary N) is 2. The molecule has 0 atom stereocenters. The summed E-state index contributed by atoms with van der Waals surface area (Å²) in [6.07, 6.45) is 2.86. The number of ketones is 2. The van der Waals surface area contributed by atoms with E-state index in [4.69, 9.17) is 4.52 Å². The number of unbranched alkanes of at least 4 members (excludes halogenated alkanes) is 1. The molecule has 0 unspecified atom stereocenters. The van der Waals surface area contributed by atoms with Gasteiger partial charge in [0.2, 0.25) is 23.2 Å². The van der Waals surface area contributed by atoms with Crippen molar-refractivity contribution in [3.63, 3.8) is 0 Å². The SMILES string of the molecule is O=C(CCCCSC1=CC(=O)c2onc(C(=O)Nc3ccccc3)c2C1=O)Nc1ccccc1. The molecule has 0 fully saturated rings. The molecule has 2 amide bonds. The zero-order valence-electron chi connectivity index (χ0n) is 18.1.